The van der Waals surface area contributed by atoms with Crippen LogP contribution >= 0.6 is 0 Å². The monoisotopic (exact) mass is 509 g/mol. The third-order valence-electron chi connectivity index (χ3n) is 8.35. The Morgan fingerprint density at radius 2 is 1.58 bits per heavy atom. The minimum Gasteiger partial charge on any atom is -0.493 e. The maximum Gasteiger partial charge on any atom is 0.240 e. The van der Waals surface area contributed by atoms with Gasteiger partial charge in [-0.2, -0.15) is 10.5 Å². The topological polar surface area (TPSA) is 103 Å². The maximum absolute atomic E-state index is 14.1. The lowest BCUT2D eigenvalue weighted by atomic mass is 9.65. The van der Waals surface area contributed by atoms with Crippen molar-refractivity contribution in [1.82, 2.24) is 0 Å². The molecule has 3 aromatic rings. The van der Waals surface area contributed by atoms with E-state index in [-0.39, 0.29) is 30.7 Å². The predicted octanol–water partition coefficient (Wildman–Crippen LogP) is 5.03. The fourth-order valence-electron chi connectivity index (χ4n) is 6.71. The number of carbonyl (C=O) groups excluding carboxylic acids is 2. The third kappa shape index (κ3) is 3.48. The minimum absolute atomic E-state index is 0.215. The van der Waals surface area contributed by atoms with Crippen molar-refractivity contribution in [1.29, 1.82) is 10.5 Å². The third-order valence-corrected chi connectivity index (χ3v) is 8.35. The Morgan fingerprint density at radius 3 is 2.24 bits per heavy atom. The summed E-state index contributed by atoms with van der Waals surface area (Å²) in [6.45, 7) is 0.227. The minimum atomic E-state index is -0.899. The van der Waals surface area contributed by atoms with E-state index in [2.05, 4.69) is 12.1 Å². The Bertz CT molecular complexity index is 1540. The number of anilines is 1. The van der Waals surface area contributed by atoms with Crippen LogP contribution < -0.4 is 9.64 Å². The SMILES string of the molecule is N#CCCC12CCC(CCOc3ccc(F)cc3)(O1)[C@@H]1C(=O)N(c3ccc(C#N)c4ccccc34)C(=O)[C@@H]12. The van der Waals surface area contributed by atoms with Crippen molar-refractivity contribution in [2.45, 2.75) is 43.3 Å². The summed E-state index contributed by atoms with van der Waals surface area (Å²) in [6.07, 6.45) is 2.11. The summed E-state index contributed by atoms with van der Waals surface area (Å²) in [4.78, 5) is 29.4. The van der Waals surface area contributed by atoms with Crippen molar-refractivity contribution in [3.63, 3.8) is 0 Å². The zero-order valence-electron chi connectivity index (χ0n) is 20.5. The number of halogens is 1. The molecule has 3 aromatic carbocycles. The highest BCUT2D eigenvalue weighted by Crippen LogP contribution is 2.64. The first-order valence-electron chi connectivity index (χ1n) is 12.7. The van der Waals surface area contributed by atoms with E-state index in [0.29, 0.717) is 53.5 Å². The summed E-state index contributed by atoms with van der Waals surface area (Å²) in [6, 6.07) is 20.6. The number of fused-ring (bicyclic) bond motifs is 6. The van der Waals surface area contributed by atoms with Gasteiger partial charge < -0.3 is 9.47 Å². The first kappa shape index (κ1) is 24.1. The van der Waals surface area contributed by atoms with E-state index < -0.39 is 23.0 Å². The number of imide groups is 1. The molecule has 2 unspecified atom stereocenters. The Balaban J connectivity index is 1.36. The van der Waals surface area contributed by atoms with Gasteiger partial charge in [0.1, 0.15) is 11.6 Å². The lowest BCUT2D eigenvalue weighted by Crippen LogP contribution is -2.43. The lowest BCUT2D eigenvalue weighted by Gasteiger charge is -2.31. The molecule has 3 saturated heterocycles. The number of rotatable bonds is 7. The Labute approximate surface area is 219 Å². The molecule has 8 heteroatoms. The smallest absolute Gasteiger partial charge is 0.240 e. The van der Waals surface area contributed by atoms with Crippen LogP contribution in [0, 0.1) is 40.3 Å². The van der Waals surface area contributed by atoms with Gasteiger partial charge in [0.05, 0.1) is 53.0 Å². The van der Waals surface area contributed by atoms with Gasteiger partial charge in [0.25, 0.3) is 0 Å². The lowest BCUT2D eigenvalue weighted by molar-refractivity contribution is -0.132. The standard InChI is InChI=1S/C30H24FN3O4/c31-20-7-9-21(10-8-20)37-17-15-30-14-13-29(38-30,12-3-16-32)25-26(30)28(36)34(27(25)35)24-11-6-19(18-33)22-4-1-2-5-23(22)24/h1-2,4-11,25-26H,3,12-15,17H2/t25-,26+,29?,30?/m1/s1. The van der Waals surface area contributed by atoms with Gasteiger partial charge in [-0.25, -0.2) is 9.29 Å². The number of hydrogen-bond acceptors (Lipinski definition) is 6. The first-order valence-corrected chi connectivity index (χ1v) is 12.7. The number of carbonyl (C=O) groups is 2. The van der Waals surface area contributed by atoms with Crippen LogP contribution in [-0.2, 0) is 14.3 Å². The molecule has 0 radical (unpaired) electrons. The quantitative estimate of drug-likeness (QED) is 0.414. The molecule has 0 spiro atoms. The zero-order valence-corrected chi connectivity index (χ0v) is 20.5. The molecule has 2 bridgehead atoms. The van der Waals surface area contributed by atoms with Gasteiger partial charge in [-0.15, -0.1) is 0 Å². The average Bonchev–Trinajstić information content (AvgIpc) is 3.54. The normalized spacial score (nSPS) is 27.4. The molecule has 2 amide bonds. The fourth-order valence-corrected chi connectivity index (χ4v) is 6.71. The van der Waals surface area contributed by atoms with Crippen molar-refractivity contribution < 1.29 is 23.5 Å². The van der Waals surface area contributed by atoms with Crippen LogP contribution in [0.15, 0.2) is 60.7 Å². The summed E-state index contributed by atoms with van der Waals surface area (Å²) < 4.78 is 25.7. The van der Waals surface area contributed by atoms with Crippen LogP contribution in [0.5, 0.6) is 5.75 Å². The zero-order chi connectivity index (χ0) is 26.5. The molecule has 0 N–H and O–H groups in total. The number of ether oxygens (including phenoxy) is 2. The molecule has 6 rings (SSSR count). The Hall–Kier alpha value is -4.27. The highest BCUT2D eigenvalue weighted by molar-refractivity contribution is 6.26. The van der Waals surface area contributed by atoms with Crippen LogP contribution in [0.3, 0.4) is 0 Å². The van der Waals surface area contributed by atoms with Crippen molar-refractivity contribution in [3.05, 3.63) is 72.0 Å². The highest BCUT2D eigenvalue weighted by Gasteiger charge is 2.75. The van der Waals surface area contributed by atoms with Crippen molar-refractivity contribution in [3.8, 4) is 17.9 Å². The van der Waals surface area contributed by atoms with Crippen LogP contribution in [-0.4, -0.2) is 29.6 Å². The molecule has 3 heterocycles. The van der Waals surface area contributed by atoms with E-state index in [0.717, 1.165) is 0 Å². The Kier molecular flexibility index (Phi) is 5.66. The second kappa shape index (κ2) is 8.93. The molecule has 3 aliphatic rings. The van der Waals surface area contributed by atoms with Crippen LogP contribution in [0.2, 0.25) is 0 Å². The summed E-state index contributed by atoms with van der Waals surface area (Å²) in [7, 11) is 0. The second-order valence-electron chi connectivity index (χ2n) is 10.2. The van der Waals surface area contributed by atoms with Gasteiger partial charge >= 0.3 is 0 Å². The van der Waals surface area contributed by atoms with E-state index in [1.165, 1.54) is 17.0 Å². The molecule has 0 saturated carbocycles. The summed E-state index contributed by atoms with van der Waals surface area (Å²) in [5.41, 5.74) is -0.868. The molecule has 190 valence electrons. The predicted molar refractivity (Wildman–Crippen MR) is 135 cm³/mol. The molecule has 38 heavy (non-hydrogen) atoms. The second-order valence-corrected chi connectivity index (χ2v) is 10.2. The van der Waals surface area contributed by atoms with Crippen molar-refractivity contribution in [2.24, 2.45) is 11.8 Å². The molecule has 3 aliphatic heterocycles. The maximum atomic E-state index is 14.1. The highest BCUT2D eigenvalue weighted by atomic mass is 19.1. The molecule has 0 aliphatic carbocycles. The van der Waals surface area contributed by atoms with Gasteiger partial charge in [-0.3, -0.25) is 9.59 Å². The number of nitrogens with zero attached hydrogens (tertiary/aromatic N) is 3. The number of hydrogen-bond donors (Lipinski definition) is 0. The molecule has 7 nitrogen and oxygen atoms in total. The van der Waals surface area contributed by atoms with E-state index in [4.69, 9.17) is 9.47 Å². The van der Waals surface area contributed by atoms with Crippen LogP contribution in [0.4, 0.5) is 10.1 Å². The van der Waals surface area contributed by atoms with Gasteiger partial charge in [-0.1, -0.05) is 24.3 Å². The van der Waals surface area contributed by atoms with Gasteiger partial charge in [-0.05, 0) is 55.7 Å². The largest absolute Gasteiger partial charge is 0.493 e. The molecule has 0 aromatic heterocycles. The van der Waals surface area contributed by atoms with E-state index >= 15 is 0 Å². The van der Waals surface area contributed by atoms with E-state index in [9.17, 15) is 24.5 Å². The number of nitriles is 2. The van der Waals surface area contributed by atoms with Crippen LogP contribution in [0.25, 0.3) is 10.8 Å². The van der Waals surface area contributed by atoms with Crippen LogP contribution in [0.1, 0.15) is 37.7 Å². The first-order chi connectivity index (χ1) is 18.4. The fraction of sp³-hybridized carbons (Fsp3) is 0.333. The average molecular weight is 510 g/mol. The van der Waals surface area contributed by atoms with E-state index in [1.54, 1.807) is 30.3 Å². The van der Waals surface area contributed by atoms with Gasteiger partial charge in [0, 0.05) is 23.6 Å². The summed E-state index contributed by atoms with van der Waals surface area (Å²) in [5.74, 6) is -1.90. The Morgan fingerprint density at radius 1 is 0.921 bits per heavy atom. The molecule has 3 fully saturated rings. The number of benzene rings is 3. The van der Waals surface area contributed by atoms with E-state index in [1.807, 2.05) is 18.2 Å². The molecular weight excluding hydrogens is 485 g/mol. The summed E-state index contributed by atoms with van der Waals surface area (Å²) >= 11 is 0. The molecule has 4 atom stereocenters. The van der Waals surface area contributed by atoms with Gasteiger partial charge in [0.2, 0.25) is 11.8 Å². The molecular formula is C30H24FN3O4. The van der Waals surface area contributed by atoms with Crippen molar-refractivity contribution in [2.75, 3.05) is 11.5 Å². The van der Waals surface area contributed by atoms with Crippen molar-refractivity contribution >= 4 is 28.3 Å². The number of amides is 2. The van der Waals surface area contributed by atoms with Gasteiger partial charge in [0.15, 0.2) is 0 Å². The summed E-state index contributed by atoms with van der Waals surface area (Å²) in [5, 5.41) is 20.2.